The number of nitrogens with zero attached hydrogens (tertiary/aromatic N) is 5. The van der Waals surface area contributed by atoms with Crippen LogP contribution < -0.4 is 25.7 Å². The Morgan fingerprint density at radius 1 is 1.05 bits per heavy atom. The Hall–Kier alpha value is -3.09. The van der Waals surface area contributed by atoms with Crippen molar-refractivity contribution in [2.45, 2.75) is 25.5 Å². The van der Waals surface area contributed by atoms with Gasteiger partial charge in [0.2, 0.25) is 5.95 Å². The Balaban J connectivity index is 1.12. The van der Waals surface area contributed by atoms with Crippen molar-refractivity contribution in [3.8, 4) is 5.75 Å². The zero-order valence-corrected chi connectivity index (χ0v) is 23.7. The normalized spacial score (nSPS) is 18.6. The van der Waals surface area contributed by atoms with Crippen LogP contribution in [0.3, 0.4) is 0 Å². The van der Waals surface area contributed by atoms with Gasteiger partial charge in [0.15, 0.2) is 5.82 Å². The van der Waals surface area contributed by atoms with E-state index in [9.17, 15) is 5.02 Å². The van der Waals surface area contributed by atoms with Gasteiger partial charge in [-0.1, -0.05) is 17.7 Å². The summed E-state index contributed by atoms with van der Waals surface area (Å²) in [4.78, 5) is 16.5. The predicted octanol–water partition coefficient (Wildman–Crippen LogP) is 3.06. The third kappa shape index (κ3) is 5.84. The number of aromatic nitrogens is 2. The van der Waals surface area contributed by atoms with Crippen LogP contribution in [0.2, 0.25) is 5.02 Å². The molecule has 3 N–H and O–H groups in total. The summed E-state index contributed by atoms with van der Waals surface area (Å²) < 4.78 is 11.0. The van der Waals surface area contributed by atoms with Gasteiger partial charge in [0.1, 0.15) is 10.8 Å². The lowest BCUT2D eigenvalue weighted by Gasteiger charge is -2.42. The molecule has 0 atom stereocenters. The highest BCUT2D eigenvalue weighted by Gasteiger charge is 2.28. The number of anilines is 5. The molecule has 12 heteroatoms. The van der Waals surface area contributed by atoms with Gasteiger partial charge in [-0.05, 0) is 55.2 Å². The molecule has 4 heterocycles. The Labute approximate surface area is 240 Å². The summed E-state index contributed by atoms with van der Waals surface area (Å²) in [5.74, 6) is 1.56. The van der Waals surface area contributed by atoms with E-state index in [0.29, 0.717) is 29.4 Å². The van der Waals surface area contributed by atoms with E-state index < -0.39 is 7.12 Å². The molecule has 3 aromatic rings. The minimum absolute atomic E-state index is 0.380. The van der Waals surface area contributed by atoms with Crippen LogP contribution >= 0.6 is 11.6 Å². The standard InChI is InChI=1S/C28H35BClN7O3/c1-35-11-13-37(14-12-35)21-7-9-36(10-8-21)22-5-6-25(26(16-22)39-2)33-28-31-17-24(30)27(34-28)32-20-4-3-19-18-40-29(38)23(19)15-20/h3-6,15-17,21,38H,7-14,18H2,1-2H3,(H2,31,32,33,34). The minimum Gasteiger partial charge on any atom is -0.494 e. The largest absolute Gasteiger partial charge is 0.494 e. The van der Waals surface area contributed by atoms with Crippen LogP contribution in [-0.4, -0.2) is 91.4 Å². The summed E-state index contributed by atoms with van der Waals surface area (Å²) >= 11 is 6.40. The summed E-state index contributed by atoms with van der Waals surface area (Å²) in [5, 5.41) is 16.9. The lowest BCUT2D eigenvalue weighted by Crippen LogP contribution is -2.52. The van der Waals surface area contributed by atoms with Gasteiger partial charge in [0.05, 0.1) is 25.6 Å². The molecule has 10 nitrogen and oxygen atoms in total. The zero-order chi connectivity index (χ0) is 27.6. The SMILES string of the molecule is COc1cc(N2CCC(N3CCN(C)CC3)CC2)ccc1Nc1ncc(Cl)c(Nc2ccc3c(c2)B(O)OC3)n1. The van der Waals surface area contributed by atoms with E-state index >= 15 is 0 Å². The molecule has 2 saturated heterocycles. The number of piperidine rings is 1. The van der Waals surface area contributed by atoms with Gasteiger partial charge in [0, 0.05) is 62.8 Å². The van der Waals surface area contributed by atoms with Crippen molar-refractivity contribution in [1.29, 1.82) is 0 Å². The maximum atomic E-state index is 10.0. The smallest absolute Gasteiger partial charge is 0.491 e. The maximum absolute atomic E-state index is 10.0. The van der Waals surface area contributed by atoms with Gasteiger partial charge in [-0.3, -0.25) is 4.90 Å². The topological polar surface area (TPSA) is 98.3 Å². The number of piperazine rings is 1. The van der Waals surface area contributed by atoms with Crippen molar-refractivity contribution in [3.63, 3.8) is 0 Å². The van der Waals surface area contributed by atoms with Crippen LogP contribution in [0.25, 0.3) is 0 Å². The molecule has 6 rings (SSSR count). The van der Waals surface area contributed by atoms with E-state index in [2.05, 4.69) is 54.5 Å². The van der Waals surface area contributed by atoms with Crippen molar-refractivity contribution in [2.24, 2.45) is 0 Å². The van der Waals surface area contributed by atoms with E-state index in [1.54, 1.807) is 13.3 Å². The first kappa shape index (κ1) is 27.1. The van der Waals surface area contributed by atoms with Crippen molar-refractivity contribution >= 4 is 53.0 Å². The second-order valence-corrected chi connectivity index (χ2v) is 11.1. The molecular formula is C28H35BClN7O3. The first-order valence-electron chi connectivity index (χ1n) is 13.8. The van der Waals surface area contributed by atoms with Gasteiger partial charge in [-0.2, -0.15) is 4.98 Å². The number of rotatable bonds is 7. The van der Waals surface area contributed by atoms with Crippen LogP contribution in [0, 0.1) is 0 Å². The molecule has 2 aromatic carbocycles. The molecule has 40 heavy (non-hydrogen) atoms. The molecular weight excluding hydrogens is 529 g/mol. The fourth-order valence-electron chi connectivity index (χ4n) is 5.72. The molecule has 3 aliphatic heterocycles. The third-order valence-electron chi connectivity index (χ3n) is 8.13. The molecule has 1 aromatic heterocycles. The number of benzene rings is 2. The molecule has 0 saturated carbocycles. The van der Waals surface area contributed by atoms with Gasteiger partial charge < -0.3 is 34.8 Å². The number of fused-ring (bicyclic) bond motifs is 1. The maximum Gasteiger partial charge on any atom is 0.491 e. The van der Waals surface area contributed by atoms with Crippen molar-refractivity contribution in [2.75, 3.05) is 69.0 Å². The number of methoxy groups -OCH3 is 1. The second kappa shape index (κ2) is 11.8. The average molecular weight is 564 g/mol. The Morgan fingerprint density at radius 3 is 2.62 bits per heavy atom. The number of halogens is 1. The third-order valence-corrected chi connectivity index (χ3v) is 8.41. The van der Waals surface area contributed by atoms with Crippen molar-refractivity contribution in [3.05, 3.63) is 53.2 Å². The molecule has 0 spiro atoms. The highest BCUT2D eigenvalue weighted by atomic mass is 35.5. The number of likely N-dealkylation sites (N-methyl/N-ethyl adjacent to an activating group) is 1. The zero-order valence-electron chi connectivity index (χ0n) is 22.9. The number of hydrogen-bond acceptors (Lipinski definition) is 10. The first-order chi connectivity index (χ1) is 19.5. The Kier molecular flexibility index (Phi) is 7.99. The van der Waals surface area contributed by atoms with Gasteiger partial charge in [0.25, 0.3) is 0 Å². The molecule has 0 amide bonds. The van der Waals surface area contributed by atoms with Gasteiger partial charge >= 0.3 is 7.12 Å². The predicted molar refractivity (Wildman–Crippen MR) is 160 cm³/mol. The van der Waals surface area contributed by atoms with E-state index in [-0.39, 0.29) is 0 Å². The second-order valence-electron chi connectivity index (χ2n) is 10.7. The van der Waals surface area contributed by atoms with E-state index in [0.717, 1.165) is 60.0 Å². The molecule has 0 aliphatic carbocycles. The molecule has 2 fully saturated rings. The molecule has 0 unspecified atom stereocenters. The van der Waals surface area contributed by atoms with Gasteiger partial charge in [-0.15, -0.1) is 0 Å². The van der Waals surface area contributed by atoms with E-state index in [4.69, 9.17) is 21.0 Å². The fourth-order valence-corrected chi connectivity index (χ4v) is 5.86. The number of hydrogen-bond donors (Lipinski definition) is 3. The Morgan fingerprint density at radius 2 is 1.85 bits per heavy atom. The highest BCUT2D eigenvalue weighted by Crippen LogP contribution is 2.34. The molecule has 0 radical (unpaired) electrons. The quantitative estimate of drug-likeness (QED) is 0.372. The monoisotopic (exact) mass is 563 g/mol. The van der Waals surface area contributed by atoms with Crippen molar-refractivity contribution < 1.29 is 14.4 Å². The van der Waals surface area contributed by atoms with Crippen LogP contribution in [0.15, 0.2) is 42.6 Å². The van der Waals surface area contributed by atoms with Crippen LogP contribution in [0.1, 0.15) is 18.4 Å². The molecule has 0 bridgehead atoms. The van der Waals surface area contributed by atoms with Crippen LogP contribution in [0.4, 0.5) is 28.8 Å². The molecule has 210 valence electrons. The van der Waals surface area contributed by atoms with Crippen LogP contribution in [0.5, 0.6) is 5.75 Å². The van der Waals surface area contributed by atoms with E-state index in [1.165, 1.54) is 25.9 Å². The lowest BCUT2D eigenvalue weighted by atomic mass is 9.79. The highest BCUT2D eigenvalue weighted by molar-refractivity contribution is 6.61. The number of ether oxygens (including phenoxy) is 1. The first-order valence-corrected chi connectivity index (χ1v) is 14.2. The average Bonchev–Trinajstić information content (AvgIpc) is 3.35. The summed E-state index contributed by atoms with van der Waals surface area (Å²) in [5.41, 5.74) is 4.37. The molecule has 3 aliphatic rings. The summed E-state index contributed by atoms with van der Waals surface area (Å²) in [6, 6.07) is 12.5. The number of nitrogens with one attached hydrogen (secondary N) is 2. The fraction of sp³-hybridized carbons (Fsp3) is 0.429. The summed E-state index contributed by atoms with van der Waals surface area (Å²) in [7, 11) is 2.96. The minimum atomic E-state index is -0.923. The Bertz CT molecular complexity index is 1350. The lowest BCUT2D eigenvalue weighted by molar-refractivity contribution is 0.0982. The summed E-state index contributed by atoms with van der Waals surface area (Å²) in [6.07, 6.45) is 3.91. The van der Waals surface area contributed by atoms with Crippen molar-refractivity contribution in [1.82, 2.24) is 19.8 Å². The summed E-state index contributed by atoms with van der Waals surface area (Å²) in [6.45, 7) is 7.13. The van der Waals surface area contributed by atoms with Gasteiger partial charge in [-0.25, -0.2) is 4.98 Å². The van der Waals surface area contributed by atoms with Crippen LogP contribution in [-0.2, 0) is 11.3 Å². The van der Waals surface area contributed by atoms with E-state index in [1.807, 2.05) is 24.3 Å².